The van der Waals surface area contributed by atoms with Gasteiger partial charge >= 0.3 is 0 Å². The van der Waals surface area contributed by atoms with Gasteiger partial charge in [0.1, 0.15) is 4.90 Å². The van der Waals surface area contributed by atoms with E-state index in [2.05, 4.69) is 10.4 Å². The third-order valence-electron chi connectivity index (χ3n) is 3.83. The molecule has 2 bridgehead atoms. The summed E-state index contributed by atoms with van der Waals surface area (Å²) in [5, 5.41) is 7.78. The van der Waals surface area contributed by atoms with Crippen molar-refractivity contribution in [2.75, 3.05) is 6.26 Å². The van der Waals surface area contributed by atoms with Crippen LogP contribution in [-0.4, -0.2) is 36.5 Å². The Kier molecular flexibility index (Phi) is 2.52. The molecule has 1 aromatic rings. The highest BCUT2D eigenvalue weighted by Crippen LogP contribution is 2.33. The van der Waals surface area contributed by atoms with E-state index in [1.54, 1.807) is 6.20 Å². The Morgan fingerprint density at radius 1 is 1.35 bits per heavy atom. The number of hydrogen-bond donors (Lipinski definition) is 1. The van der Waals surface area contributed by atoms with Gasteiger partial charge in [-0.2, -0.15) is 5.10 Å². The molecule has 3 heterocycles. The average Bonchev–Trinajstić information content (AvgIpc) is 2.84. The van der Waals surface area contributed by atoms with E-state index in [9.17, 15) is 8.42 Å². The van der Waals surface area contributed by atoms with Gasteiger partial charge < -0.3 is 5.32 Å². The average molecular weight is 255 g/mol. The maximum Gasteiger partial charge on any atom is 0.178 e. The minimum Gasteiger partial charge on any atom is -0.311 e. The Hall–Kier alpha value is -0.880. The van der Waals surface area contributed by atoms with Crippen LogP contribution in [-0.2, 0) is 9.84 Å². The van der Waals surface area contributed by atoms with E-state index in [1.807, 2.05) is 4.68 Å². The zero-order valence-electron chi connectivity index (χ0n) is 9.83. The van der Waals surface area contributed by atoms with Crippen molar-refractivity contribution in [2.45, 2.75) is 48.7 Å². The van der Waals surface area contributed by atoms with E-state index < -0.39 is 9.84 Å². The molecule has 1 N–H and O–H groups in total. The fraction of sp³-hybridized carbons (Fsp3) is 0.727. The van der Waals surface area contributed by atoms with Crippen molar-refractivity contribution in [3.8, 4) is 0 Å². The molecule has 0 spiro atoms. The molecule has 1 aromatic heterocycles. The van der Waals surface area contributed by atoms with Gasteiger partial charge in [0.15, 0.2) is 9.84 Å². The zero-order chi connectivity index (χ0) is 12.0. The molecule has 0 aliphatic carbocycles. The van der Waals surface area contributed by atoms with Crippen LogP contribution in [0.1, 0.15) is 31.7 Å². The molecular formula is C11H17N3O2S. The molecule has 2 aliphatic rings. The first-order valence-corrected chi connectivity index (χ1v) is 7.92. The molecule has 2 unspecified atom stereocenters. The first kappa shape index (κ1) is 11.2. The molecule has 17 heavy (non-hydrogen) atoms. The van der Waals surface area contributed by atoms with Gasteiger partial charge in [-0.05, 0) is 25.7 Å². The smallest absolute Gasteiger partial charge is 0.178 e. The van der Waals surface area contributed by atoms with E-state index in [0.29, 0.717) is 23.0 Å². The zero-order valence-corrected chi connectivity index (χ0v) is 10.7. The van der Waals surface area contributed by atoms with Crippen molar-refractivity contribution in [3.05, 3.63) is 12.4 Å². The van der Waals surface area contributed by atoms with Crippen LogP contribution in [0.3, 0.4) is 0 Å². The standard InChI is InChI=1S/C11H17N3O2S/c1-17(15,16)11-6-12-14(7-11)10-4-8-2-3-9(5-10)13-8/h6-10,13H,2-5H2,1H3. The van der Waals surface area contributed by atoms with Gasteiger partial charge in [0.25, 0.3) is 0 Å². The topological polar surface area (TPSA) is 64.0 Å². The minimum absolute atomic E-state index is 0.323. The maximum atomic E-state index is 11.4. The lowest BCUT2D eigenvalue weighted by Crippen LogP contribution is -2.39. The number of sulfone groups is 1. The van der Waals surface area contributed by atoms with E-state index in [4.69, 9.17) is 0 Å². The Morgan fingerprint density at radius 2 is 2.00 bits per heavy atom. The van der Waals surface area contributed by atoms with E-state index in [-0.39, 0.29) is 0 Å². The molecule has 2 atom stereocenters. The molecule has 2 fully saturated rings. The highest BCUT2D eigenvalue weighted by atomic mass is 32.2. The number of nitrogens with zero attached hydrogens (tertiary/aromatic N) is 2. The van der Waals surface area contributed by atoms with Crippen LogP contribution in [0.4, 0.5) is 0 Å². The van der Waals surface area contributed by atoms with Crippen molar-refractivity contribution in [1.82, 2.24) is 15.1 Å². The molecule has 0 aromatic carbocycles. The highest BCUT2D eigenvalue weighted by molar-refractivity contribution is 7.90. The molecule has 6 heteroatoms. The first-order chi connectivity index (χ1) is 8.02. The van der Waals surface area contributed by atoms with Gasteiger partial charge in [0.2, 0.25) is 0 Å². The third-order valence-corrected chi connectivity index (χ3v) is 4.90. The summed E-state index contributed by atoms with van der Waals surface area (Å²) in [5.41, 5.74) is 0. The summed E-state index contributed by atoms with van der Waals surface area (Å²) in [4.78, 5) is 0.323. The molecule has 0 radical (unpaired) electrons. The van der Waals surface area contributed by atoms with Gasteiger partial charge in [0.05, 0.1) is 12.2 Å². The maximum absolute atomic E-state index is 11.4. The number of hydrogen-bond acceptors (Lipinski definition) is 4. The van der Waals surface area contributed by atoms with Crippen LogP contribution < -0.4 is 5.32 Å². The number of nitrogens with one attached hydrogen (secondary N) is 1. The van der Waals surface area contributed by atoms with Crippen molar-refractivity contribution in [1.29, 1.82) is 0 Å². The van der Waals surface area contributed by atoms with Crippen molar-refractivity contribution < 1.29 is 8.42 Å². The summed E-state index contributed by atoms with van der Waals surface area (Å²) in [5.74, 6) is 0. The Morgan fingerprint density at radius 3 is 2.53 bits per heavy atom. The van der Waals surface area contributed by atoms with Crippen LogP contribution in [0.2, 0.25) is 0 Å². The lowest BCUT2D eigenvalue weighted by atomic mass is 10.0. The normalized spacial score (nSPS) is 32.9. The minimum atomic E-state index is -3.13. The van der Waals surface area contributed by atoms with Gasteiger partial charge in [0, 0.05) is 24.5 Å². The van der Waals surface area contributed by atoms with Crippen molar-refractivity contribution in [3.63, 3.8) is 0 Å². The fourth-order valence-electron chi connectivity index (χ4n) is 2.95. The molecular weight excluding hydrogens is 238 g/mol. The Labute approximate surface area is 101 Å². The predicted octanol–water partition coefficient (Wildman–Crippen LogP) is 0.742. The largest absolute Gasteiger partial charge is 0.311 e. The van der Waals surface area contributed by atoms with Crippen LogP contribution in [0.15, 0.2) is 17.3 Å². The van der Waals surface area contributed by atoms with Crippen LogP contribution in [0, 0.1) is 0 Å². The molecule has 2 aliphatic heterocycles. The first-order valence-electron chi connectivity index (χ1n) is 6.02. The lowest BCUT2D eigenvalue weighted by Gasteiger charge is -2.29. The fourth-order valence-corrected chi connectivity index (χ4v) is 3.49. The van der Waals surface area contributed by atoms with Crippen LogP contribution in [0.5, 0.6) is 0 Å². The number of fused-ring (bicyclic) bond motifs is 2. The van der Waals surface area contributed by atoms with Gasteiger partial charge in [-0.25, -0.2) is 8.42 Å². The molecule has 5 nitrogen and oxygen atoms in total. The summed E-state index contributed by atoms with van der Waals surface area (Å²) in [7, 11) is -3.13. The molecule has 94 valence electrons. The third kappa shape index (κ3) is 2.11. The summed E-state index contributed by atoms with van der Waals surface area (Å²) < 4.78 is 24.6. The molecule has 3 rings (SSSR count). The number of aromatic nitrogens is 2. The second kappa shape index (κ2) is 3.81. The monoisotopic (exact) mass is 255 g/mol. The van der Waals surface area contributed by atoms with Gasteiger partial charge in [-0.15, -0.1) is 0 Å². The van der Waals surface area contributed by atoms with E-state index >= 15 is 0 Å². The molecule has 2 saturated heterocycles. The summed E-state index contributed by atoms with van der Waals surface area (Å²) in [6.45, 7) is 0. The summed E-state index contributed by atoms with van der Waals surface area (Å²) in [6, 6.07) is 1.53. The van der Waals surface area contributed by atoms with Crippen molar-refractivity contribution in [2.24, 2.45) is 0 Å². The lowest BCUT2D eigenvalue weighted by molar-refractivity contribution is 0.281. The predicted molar refractivity (Wildman–Crippen MR) is 63.6 cm³/mol. The second-order valence-corrected chi connectivity index (χ2v) is 7.21. The van der Waals surface area contributed by atoms with Crippen LogP contribution in [0.25, 0.3) is 0 Å². The van der Waals surface area contributed by atoms with Gasteiger partial charge in [-0.1, -0.05) is 0 Å². The summed E-state index contributed by atoms with van der Waals surface area (Å²) in [6.07, 6.45) is 8.94. The Balaban J connectivity index is 1.83. The van der Waals surface area contributed by atoms with E-state index in [1.165, 1.54) is 25.3 Å². The molecule has 0 amide bonds. The van der Waals surface area contributed by atoms with Crippen LogP contribution >= 0.6 is 0 Å². The quantitative estimate of drug-likeness (QED) is 0.846. The highest BCUT2D eigenvalue weighted by Gasteiger charge is 2.34. The van der Waals surface area contributed by atoms with E-state index in [0.717, 1.165) is 12.8 Å². The summed E-state index contributed by atoms with van der Waals surface area (Å²) >= 11 is 0. The van der Waals surface area contributed by atoms with Gasteiger partial charge in [-0.3, -0.25) is 4.68 Å². The number of piperidine rings is 1. The Bertz CT molecular complexity index is 511. The number of rotatable bonds is 2. The van der Waals surface area contributed by atoms with Crippen molar-refractivity contribution >= 4 is 9.84 Å². The second-order valence-electron chi connectivity index (χ2n) is 5.19. The SMILES string of the molecule is CS(=O)(=O)c1cnn(C2CC3CCC(C2)N3)c1. The molecule has 0 saturated carbocycles.